The van der Waals surface area contributed by atoms with E-state index in [-0.39, 0.29) is 16.6 Å². The largest absolute Gasteiger partial charge is 0.367 e. The normalized spacial score (nSPS) is 16.4. The van der Waals surface area contributed by atoms with Gasteiger partial charge in [-0.05, 0) is 26.8 Å². The first-order chi connectivity index (χ1) is 10.3. The molecule has 1 aliphatic rings. The van der Waals surface area contributed by atoms with Crippen LogP contribution in [0.15, 0.2) is 24.3 Å². The molecule has 1 aliphatic heterocycles. The van der Waals surface area contributed by atoms with Gasteiger partial charge < -0.3 is 9.74 Å². The number of benzene rings is 1. The Balaban J connectivity index is 1.98. The van der Waals surface area contributed by atoms with E-state index in [1.54, 1.807) is 44.0 Å². The number of nitro groups is 1. The van der Waals surface area contributed by atoms with Crippen LogP contribution in [0.4, 0.5) is 11.4 Å². The molecule has 1 aromatic carbocycles. The van der Waals surface area contributed by atoms with Crippen LogP contribution >= 0.6 is 0 Å². The zero-order valence-electron chi connectivity index (χ0n) is 13.1. The van der Waals surface area contributed by atoms with E-state index in [1.165, 1.54) is 6.07 Å². The Morgan fingerprint density at radius 3 is 2.32 bits per heavy atom. The highest BCUT2D eigenvalue weighted by atomic mass is 16.7. The Kier molecular flexibility index (Phi) is 4.65. The average Bonchev–Trinajstić information content (AvgIpc) is 2.47. The average molecular weight is 307 g/mol. The minimum atomic E-state index is -0.546. The summed E-state index contributed by atoms with van der Waals surface area (Å²) in [4.78, 5) is 29.9. The number of piperazine rings is 1. The molecule has 0 amide bonds. The minimum absolute atomic E-state index is 0.0997. The SMILES string of the molecule is CC(C)(C)C(=O)ON1CCN(c2ccccc2[N+](=O)[O-])CC1. The van der Waals surface area contributed by atoms with Crippen LogP contribution in [0.3, 0.4) is 0 Å². The van der Waals surface area contributed by atoms with E-state index in [1.807, 2.05) is 4.90 Å². The second-order valence-corrected chi connectivity index (χ2v) is 6.29. The Morgan fingerprint density at radius 2 is 1.77 bits per heavy atom. The predicted octanol–water partition coefficient (Wildman–Crippen LogP) is 2.22. The highest BCUT2D eigenvalue weighted by Gasteiger charge is 2.29. The van der Waals surface area contributed by atoms with Gasteiger partial charge in [-0.25, -0.2) is 4.79 Å². The molecule has 22 heavy (non-hydrogen) atoms. The standard InChI is InChI=1S/C15H21N3O4/c1-15(2,3)14(19)22-17-10-8-16(9-11-17)12-6-4-5-7-13(12)18(20)21/h4-7H,8-11H2,1-3H3. The van der Waals surface area contributed by atoms with Crippen LogP contribution in [0.5, 0.6) is 0 Å². The van der Waals surface area contributed by atoms with Crippen LogP contribution in [-0.2, 0) is 9.63 Å². The number of anilines is 1. The van der Waals surface area contributed by atoms with E-state index in [4.69, 9.17) is 4.84 Å². The molecule has 0 radical (unpaired) electrons. The maximum absolute atomic E-state index is 11.9. The Morgan fingerprint density at radius 1 is 1.18 bits per heavy atom. The van der Waals surface area contributed by atoms with Crippen molar-refractivity contribution in [2.24, 2.45) is 5.41 Å². The van der Waals surface area contributed by atoms with Crippen LogP contribution in [0, 0.1) is 15.5 Å². The molecule has 0 spiro atoms. The second kappa shape index (κ2) is 6.31. The third kappa shape index (κ3) is 3.73. The van der Waals surface area contributed by atoms with Crippen LogP contribution in [0.25, 0.3) is 0 Å². The number of hydrogen-bond donors (Lipinski definition) is 0. The molecule has 1 aromatic rings. The Bertz CT molecular complexity index is 560. The summed E-state index contributed by atoms with van der Waals surface area (Å²) in [5, 5.41) is 12.7. The van der Waals surface area contributed by atoms with Gasteiger partial charge in [-0.3, -0.25) is 10.1 Å². The molecule has 7 nitrogen and oxygen atoms in total. The van der Waals surface area contributed by atoms with Gasteiger partial charge in [-0.2, -0.15) is 0 Å². The summed E-state index contributed by atoms with van der Waals surface area (Å²) in [5.74, 6) is -0.272. The molecule has 0 bridgehead atoms. The van der Waals surface area contributed by atoms with Crippen molar-refractivity contribution in [3.63, 3.8) is 0 Å². The van der Waals surface area contributed by atoms with Gasteiger partial charge in [0.05, 0.1) is 23.4 Å². The predicted molar refractivity (Wildman–Crippen MR) is 82.4 cm³/mol. The van der Waals surface area contributed by atoms with E-state index < -0.39 is 5.41 Å². The van der Waals surface area contributed by atoms with Crippen LogP contribution in [0.1, 0.15) is 20.8 Å². The third-order valence-corrected chi connectivity index (χ3v) is 3.48. The molecular formula is C15H21N3O4. The van der Waals surface area contributed by atoms with Gasteiger partial charge in [0.15, 0.2) is 0 Å². The van der Waals surface area contributed by atoms with Gasteiger partial charge >= 0.3 is 5.97 Å². The summed E-state index contributed by atoms with van der Waals surface area (Å²) in [6, 6.07) is 6.69. The molecule has 0 aromatic heterocycles. The van der Waals surface area contributed by atoms with Crippen molar-refractivity contribution in [2.75, 3.05) is 31.1 Å². The lowest BCUT2D eigenvalue weighted by molar-refractivity contribution is -0.384. The number of nitro benzene ring substituents is 1. The molecular weight excluding hydrogens is 286 g/mol. The summed E-state index contributed by atoms with van der Waals surface area (Å²) in [5.41, 5.74) is 0.159. The molecule has 2 rings (SSSR count). The molecule has 0 N–H and O–H groups in total. The zero-order chi connectivity index (χ0) is 16.3. The van der Waals surface area contributed by atoms with Crippen molar-refractivity contribution in [1.82, 2.24) is 5.06 Å². The fraction of sp³-hybridized carbons (Fsp3) is 0.533. The molecule has 0 aliphatic carbocycles. The number of carbonyl (C=O) groups is 1. The molecule has 0 saturated carbocycles. The van der Waals surface area contributed by atoms with E-state index in [0.29, 0.717) is 31.9 Å². The van der Waals surface area contributed by atoms with Crippen LogP contribution in [0.2, 0.25) is 0 Å². The quantitative estimate of drug-likeness (QED) is 0.629. The molecule has 1 heterocycles. The summed E-state index contributed by atoms with van der Waals surface area (Å²) in [7, 11) is 0. The molecule has 0 atom stereocenters. The summed E-state index contributed by atoms with van der Waals surface area (Å²) >= 11 is 0. The Labute approximate surface area is 129 Å². The number of hydrogen-bond acceptors (Lipinski definition) is 6. The van der Waals surface area contributed by atoms with Crippen molar-refractivity contribution in [1.29, 1.82) is 0 Å². The molecule has 7 heteroatoms. The van der Waals surface area contributed by atoms with Crippen molar-refractivity contribution >= 4 is 17.3 Å². The zero-order valence-corrected chi connectivity index (χ0v) is 13.1. The Hall–Kier alpha value is -2.15. The number of hydroxylamine groups is 2. The van der Waals surface area contributed by atoms with Gasteiger partial charge in [0, 0.05) is 19.2 Å². The second-order valence-electron chi connectivity index (χ2n) is 6.29. The highest BCUT2D eigenvalue weighted by molar-refractivity contribution is 5.75. The summed E-state index contributed by atoms with van der Waals surface area (Å²) < 4.78 is 0. The number of para-hydroxylation sites is 2. The topological polar surface area (TPSA) is 75.9 Å². The van der Waals surface area contributed by atoms with E-state index >= 15 is 0 Å². The van der Waals surface area contributed by atoms with Crippen molar-refractivity contribution in [3.8, 4) is 0 Å². The van der Waals surface area contributed by atoms with Gasteiger partial charge in [-0.1, -0.05) is 12.1 Å². The molecule has 1 fully saturated rings. The van der Waals surface area contributed by atoms with E-state index in [9.17, 15) is 14.9 Å². The molecule has 120 valence electrons. The maximum atomic E-state index is 11.9. The van der Waals surface area contributed by atoms with Crippen LogP contribution < -0.4 is 4.90 Å². The number of rotatable bonds is 3. The first-order valence-corrected chi connectivity index (χ1v) is 7.25. The summed E-state index contributed by atoms with van der Waals surface area (Å²) in [6.45, 7) is 7.60. The van der Waals surface area contributed by atoms with Crippen molar-refractivity contribution in [2.45, 2.75) is 20.8 Å². The minimum Gasteiger partial charge on any atom is -0.367 e. The first-order valence-electron chi connectivity index (χ1n) is 7.25. The van der Waals surface area contributed by atoms with Gasteiger partial charge in [-0.15, -0.1) is 5.06 Å². The van der Waals surface area contributed by atoms with Crippen LogP contribution in [-0.4, -0.2) is 42.1 Å². The van der Waals surface area contributed by atoms with Gasteiger partial charge in [0.2, 0.25) is 0 Å². The lowest BCUT2D eigenvalue weighted by Crippen LogP contribution is -2.48. The molecule has 0 unspecified atom stereocenters. The van der Waals surface area contributed by atoms with Gasteiger partial charge in [0.1, 0.15) is 5.69 Å². The fourth-order valence-corrected chi connectivity index (χ4v) is 2.16. The van der Waals surface area contributed by atoms with Crippen molar-refractivity contribution < 1.29 is 14.6 Å². The van der Waals surface area contributed by atoms with E-state index in [0.717, 1.165) is 0 Å². The number of carbonyl (C=O) groups excluding carboxylic acids is 1. The lowest BCUT2D eigenvalue weighted by Gasteiger charge is -2.35. The van der Waals surface area contributed by atoms with Crippen molar-refractivity contribution in [3.05, 3.63) is 34.4 Å². The lowest BCUT2D eigenvalue weighted by atomic mass is 9.98. The van der Waals surface area contributed by atoms with Gasteiger partial charge in [0.25, 0.3) is 5.69 Å². The third-order valence-electron chi connectivity index (χ3n) is 3.48. The maximum Gasteiger partial charge on any atom is 0.330 e. The monoisotopic (exact) mass is 307 g/mol. The first kappa shape index (κ1) is 16.2. The highest BCUT2D eigenvalue weighted by Crippen LogP contribution is 2.28. The fourth-order valence-electron chi connectivity index (χ4n) is 2.16. The van der Waals surface area contributed by atoms with E-state index in [2.05, 4.69) is 0 Å². The number of nitrogens with zero attached hydrogens (tertiary/aromatic N) is 3. The summed E-state index contributed by atoms with van der Waals surface area (Å²) in [6.07, 6.45) is 0. The molecule has 1 saturated heterocycles. The smallest absolute Gasteiger partial charge is 0.330 e.